The maximum atomic E-state index is 13.0. The third-order valence-corrected chi connectivity index (χ3v) is 6.53. The molecule has 1 atom stereocenters. The Morgan fingerprint density at radius 1 is 0.875 bits per heavy atom. The van der Waals surface area contributed by atoms with Crippen molar-refractivity contribution in [2.24, 2.45) is 5.92 Å². The van der Waals surface area contributed by atoms with E-state index >= 15 is 0 Å². The molecular formula is C28H29NO3. The summed E-state index contributed by atoms with van der Waals surface area (Å²) in [6.07, 6.45) is 0.951. The van der Waals surface area contributed by atoms with Gasteiger partial charge >= 0.3 is 5.97 Å². The second-order valence-electron chi connectivity index (χ2n) is 9.00. The Morgan fingerprint density at radius 2 is 1.66 bits per heavy atom. The van der Waals surface area contributed by atoms with Crippen LogP contribution in [0.3, 0.4) is 0 Å². The summed E-state index contributed by atoms with van der Waals surface area (Å²) in [6.45, 7) is 10.5. The highest BCUT2D eigenvalue weighted by Crippen LogP contribution is 2.56. The monoisotopic (exact) mass is 427 g/mol. The Labute approximate surface area is 189 Å². The van der Waals surface area contributed by atoms with Gasteiger partial charge in [0.25, 0.3) is 0 Å². The lowest BCUT2D eigenvalue weighted by atomic mass is 9.77. The number of esters is 1. The normalized spacial score (nSPS) is 18.1. The topological polar surface area (TPSA) is 38.8 Å². The van der Waals surface area contributed by atoms with Crippen molar-refractivity contribution in [3.05, 3.63) is 88.5 Å². The smallest absolute Gasteiger partial charge is 0.340 e. The van der Waals surface area contributed by atoms with E-state index in [0.717, 1.165) is 53.4 Å². The summed E-state index contributed by atoms with van der Waals surface area (Å²) in [5, 5.41) is 0. The lowest BCUT2D eigenvalue weighted by Crippen LogP contribution is -2.33. The quantitative estimate of drug-likeness (QED) is 0.448. The molecule has 0 aliphatic carbocycles. The first kappa shape index (κ1) is 20.6. The summed E-state index contributed by atoms with van der Waals surface area (Å²) in [7, 11) is 0. The standard InChI is InChI=1S/C28H29NO3/c1-5-29(6-2)20-12-13-23-26(17-20)31-25-14-11-19(15-18(3)4)16-24(25)28(23)22-10-8-7-9-21(22)27(30)32-28/h7-14,16-18H,5-6,15H2,1-4H3. The molecule has 1 spiro atoms. The third-order valence-electron chi connectivity index (χ3n) is 6.53. The molecule has 164 valence electrons. The van der Waals surface area contributed by atoms with Gasteiger partial charge in [-0.3, -0.25) is 0 Å². The zero-order valence-electron chi connectivity index (χ0n) is 19.1. The number of nitrogens with zero attached hydrogens (tertiary/aromatic N) is 1. The number of benzene rings is 3. The van der Waals surface area contributed by atoms with Crippen LogP contribution in [0.15, 0.2) is 60.7 Å². The van der Waals surface area contributed by atoms with Crippen molar-refractivity contribution < 1.29 is 14.3 Å². The Hall–Kier alpha value is -3.27. The van der Waals surface area contributed by atoms with Gasteiger partial charge in [-0.1, -0.05) is 38.1 Å². The maximum Gasteiger partial charge on any atom is 0.340 e. The number of hydrogen-bond acceptors (Lipinski definition) is 4. The van der Waals surface area contributed by atoms with E-state index in [1.54, 1.807) is 0 Å². The molecule has 5 rings (SSSR count). The lowest BCUT2D eigenvalue weighted by molar-refractivity contribution is 0.0224. The molecule has 0 saturated heterocycles. The number of carbonyl (C=O) groups excluding carboxylic acids is 1. The average Bonchev–Trinajstić information content (AvgIpc) is 3.08. The highest BCUT2D eigenvalue weighted by atomic mass is 16.6. The van der Waals surface area contributed by atoms with E-state index in [9.17, 15) is 4.79 Å². The molecule has 0 N–H and O–H groups in total. The molecule has 0 bridgehead atoms. The van der Waals surface area contributed by atoms with Crippen LogP contribution in [0.2, 0.25) is 0 Å². The molecule has 2 aliphatic rings. The molecule has 0 fully saturated rings. The van der Waals surface area contributed by atoms with E-state index in [2.05, 4.69) is 62.9 Å². The van der Waals surface area contributed by atoms with Crippen LogP contribution in [0.4, 0.5) is 5.69 Å². The summed E-state index contributed by atoms with van der Waals surface area (Å²) in [5.41, 5.74) is 4.59. The van der Waals surface area contributed by atoms with Gasteiger partial charge in [-0.15, -0.1) is 0 Å². The SMILES string of the molecule is CCN(CC)c1ccc2c(c1)Oc1ccc(CC(C)C)cc1C21OC(=O)c2ccccc21. The summed E-state index contributed by atoms with van der Waals surface area (Å²) in [5.74, 6) is 1.71. The van der Waals surface area contributed by atoms with Gasteiger partial charge in [-0.05, 0) is 62.1 Å². The van der Waals surface area contributed by atoms with Gasteiger partial charge in [0.05, 0.1) is 5.56 Å². The average molecular weight is 428 g/mol. The van der Waals surface area contributed by atoms with Gasteiger partial charge in [-0.25, -0.2) is 4.79 Å². The van der Waals surface area contributed by atoms with Crippen LogP contribution in [0, 0.1) is 5.92 Å². The fourth-order valence-electron chi connectivity index (χ4n) is 5.09. The van der Waals surface area contributed by atoms with Crippen LogP contribution in [0.5, 0.6) is 11.5 Å². The fourth-order valence-corrected chi connectivity index (χ4v) is 5.09. The molecule has 1 unspecified atom stereocenters. The maximum absolute atomic E-state index is 13.0. The van der Waals surface area contributed by atoms with Crippen LogP contribution in [0.25, 0.3) is 0 Å². The summed E-state index contributed by atoms with van der Waals surface area (Å²) < 4.78 is 12.7. The van der Waals surface area contributed by atoms with Crippen molar-refractivity contribution in [1.29, 1.82) is 0 Å². The van der Waals surface area contributed by atoms with Crippen molar-refractivity contribution in [3.8, 4) is 11.5 Å². The van der Waals surface area contributed by atoms with Crippen LogP contribution < -0.4 is 9.64 Å². The Morgan fingerprint density at radius 3 is 2.41 bits per heavy atom. The molecule has 0 amide bonds. The molecule has 0 aromatic heterocycles. The Balaban J connectivity index is 1.77. The van der Waals surface area contributed by atoms with Crippen molar-refractivity contribution in [2.45, 2.75) is 39.7 Å². The molecule has 4 heteroatoms. The fraction of sp³-hybridized carbons (Fsp3) is 0.321. The Kier molecular flexibility index (Phi) is 4.96. The van der Waals surface area contributed by atoms with Crippen molar-refractivity contribution in [3.63, 3.8) is 0 Å². The number of hydrogen-bond donors (Lipinski definition) is 0. The Bertz CT molecular complexity index is 1200. The van der Waals surface area contributed by atoms with Gasteiger partial charge < -0.3 is 14.4 Å². The predicted octanol–water partition coefficient (Wildman–Crippen LogP) is 6.30. The van der Waals surface area contributed by atoms with E-state index in [4.69, 9.17) is 9.47 Å². The summed E-state index contributed by atoms with van der Waals surface area (Å²) in [4.78, 5) is 15.3. The van der Waals surface area contributed by atoms with Crippen LogP contribution in [0.1, 0.15) is 60.3 Å². The molecule has 3 aromatic rings. The van der Waals surface area contributed by atoms with Gasteiger partial charge in [0.2, 0.25) is 0 Å². The zero-order chi connectivity index (χ0) is 22.5. The molecule has 2 heterocycles. The summed E-state index contributed by atoms with van der Waals surface area (Å²) in [6, 6.07) is 20.3. The second kappa shape index (κ2) is 7.70. The third kappa shape index (κ3) is 3.01. The lowest BCUT2D eigenvalue weighted by Gasteiger charge is -2.37. The van der Waals surface area contributed by atoms with Gasteiger partial charge in [-0.2, -0.15) is 0 Å². The minimum absolute atomic E-state index is 0.290. The second-order valence-corrected chi connectivity index (χ2v) is 9.00. The molecule has 4 nitrogen and oxygen atoms in total. The molecule has 3 aromatic carbocycles. The van der Waals surface area contributed by atoms with Crippen LogP contribution in [-0.4, -0.2) is 19.1 Å². The van der Waals surface area contributed by atoms with Crippen molar-refractivity contribution >= 4 is 11.7 Å². The predicted molar refractivity (Wildman–Crippen MR) is 127 cm³/mol. The van der Waals surface area contributed by atoms with Crippen molar-refractivity contribution in [1.82, 2.24) is 0 Å². The van der Waals surface area contributed by atoms with Crippen LogP contribution in [-0.2, 0) is 16.8 Å². The van der Waals surface area contributed by atoms with Gasteiger partial charge in [0, 0.05) is 41.5 Å². The van der Waals surface area contributed by atoms with Crippen LogP contribution >= 0.6 is 0 Å². The van der Waals surface area contributed by atoms with Gasteiger partial charge in [0.1, 0.15) is 11.5 Å². The molecule has 0 saturated carbocycles. The highest BCUT2D eigenvalue weighted by Gasteiger charge is 2.53. The molecule has 2 aliphatic heterocycles. The minimum Gasteiger partial charge on any atom is -0.456 e. The highest BCUT2D eigenvalue weighted by molar-refractivity contribution is 5.97. The molecule has 32 heavy (non-hydrogen) atoms. The van der Waals surface area contributed by atoms with E-state index in [1.165, 1.54) is 5.56 Å². The molecule has 0 radical (unpaired) electrons. The zero-order valence-corrected chi connectivity index (χ0v) is 19.1. The van der Waals surface area contributed by atoms with E-state index < -0.39 is 5.60 Å². The van der Waals surface area contributed by atoms with E-state index in [-0.39, 0.29) is 5.97 Å². The number of fused-ring (bicyclic) bond motifs is 6. The molecular weight excluding hydrogens is 398 g/mol. The van der Waals surface area contributed by atoms with E-state index in [0.29, 0.717) is 11.5 Å². The minimum atomic E-state index is -0.995. The van der Waals surface area contributed by atoms with Crippen molar-refractivity contribution in [2.75, 3.05) is 18.0 Å². The first-order chi connectivity index (χ1) is 15.5. The van der Waals surface area contributed by atoms with Gasteiger partial charge in [0.15, 0.2) is 5.60 Å². The van der Waals surface area contributed by atoms with E-state index in [1.807, 2.05) is 30.3 Å². The largest absolute Gasteiger partial charge is 0.456 e. The number of anilines is 1. The first-order valence-corrected chi connectivity index (χ1v) is 11.5. The summed E-state index contributed by atoms with van der Waals surface area (Å²) >= 11 is 0. The number of ether oxygens (including phenoxy) is 2. The number of rotatable bonds is 5. The first-order valence-electron chi connectivity index (χ1n) is 11.5. The number of carbonyl (C=O) groups is 1.